The van der Waals surface area contributed by atoms with Gasteiger partial charge in [-0.3, -0.25) is 9.36 Å². The van der Waals surface area contributed by atoms with Crippen LogP contribution in [-0.2, 0) is 18.3 Å². The van der Waals surface area contributed by atoms with E-state index in [9.17, 15) is 4.79 Å². The second kappa shape index (κ2) is 3.98. The van der Waals surface area contributed by atoms with E-state index in [1.165, 1.54) is 10.9 Å². The van der Waals surface area contributed by atoms with Crippen LogP contribution in [0.1, 0.15) is 36.7 Å². The summed E-state index contributed by atoms with van der Waals surface area (Å²) >= 11 is 6.11. The van der Waals surface area contributed by atoms with Gasteiger partial charge in [0.2, 0.25) is 5.78 Å². The Hall–Kier alpha value is -1.56. The van der Waals surface area contributed by atoms with Crippen molar-refractivity contribution in [3.63, 3.8) is 0 Å². The van der Waals surface area contributed by atoms with Crippen LogP contribution in [0.4, 0.5) is 0 Å². The van der Waals surface area contributed by atoms with Gasteiger partial charge in [-0.15, -0.1) is 0 Å². The molecule has 1 fully saturated rings. The molecule has 7 heteroatoms. The molecule has 2 aromatic heterocycles. The maximum Gasteiger partial charge on any atom is 0.309 e. The van der Waals surface area contributed by atoms with Crippen molar-refractivity contribution in [3.05, 3.63) is 16.7 Å². The Morgan fingerprint density at radius 3 is 2.78 bits per heavy atom. The zero-order valence-electron chi connectivity index (χ0n) is 9.93. The van der Waals surface area contributed by atoms with E-state index in [1.54, 1.807) is 0 Å². The lowest BCUT2D eigenvalue weighted by atomic mass is 9.85. The number of carboxylic acids is 1. The monoisotopic (exact) mass is 268 g/mol. The summed E-state index contributed by atoms with van der Waals surface area (Å²) in [5.74, 6) is 1.13. The Morgan fingerprint density at radius 2 is 2.28 bits per heavy atom. The number of aliphatic carboxylic acids is 1. The molecule has 0 saturated heterocycles. The van der Waals surface area contributed by atoms with Gasteiger partial charge in [0.1, 0.15) is 5.82 Å². The molecule has 0 aromatic carbocycles. The fraction of sp³-hybridized carbons (Fsp3) is 0.545. The Kier molecular flexibility index (Phi) is 2.55. The first kappa shape index (κ1) is 11.5. The van der Waals surface area contributed by atoms with Gasteiger partial charge in [-0.2, -0.15) is 9.61 Å². The Labute approximate surface area is 108 Å². The molecule has 0 atom stereocenters. The first-order chi connectivity index (χ1) is 8.58. The molecule has 0 aliphatic heterocycles. The molecule has 2 aromatic rings. The lowest BCUT2D eigenvalue weighted by Crippen LogP contribution is -2.14. The quantitative estimate of drug-likeness (QED) is 0.918. The summed E-state index contributed by atoms with van der Waals surface area (Å²) in [5.41, 5.74) is 0.363. The van der Waals surface area contributed by atoms with Crippen molar-refractivity contribution in [1.82, 2.24) is 19.2 Å². The van der Waals surface area contributed by atoms with Crippen LogP contribution in [0.2, 0.25) is 5.15 Å². The van der Waals surface area contributed by atoms with E-state index in [0.717, 1.165) is 18.7 Å². The summed E-state index contributed by atoms with van der Waals surface area (Å²) in [6, 6.07) is 0. The van der Waals surface area contributed by atoms with E-state index in [0.29, 0.717) is 22.5 Å². The van der Waals surface area contributed by atoms with Crippen molar-refractivity contribution >= 4 is 23.3 Å². The molecular weight excluding hydrogens is 256 g/mol. The third-order valence-corrected chi connectivity index (χ3v) is 3.86. The predicted octanol–water partition coefficient (Wildman–Crippen LogP) is 1.62. The molecule has 0 spiro atoms. The second-order valence-corrected chi connectivity index (χ2v) is 5.03. The fourth-order valence-electron chi connectivity index (χ4n) is 2.28. The van der Waals surface area contributed by atoms with Gasteiger partial charge in [0.05, 0.1) is 12.1 Å². The third kappa shape index (κ3) is 1.59. The first-order valence-corrected chi connectivity index (χ1v) is 6.27. The maximum absolute atomic E-state index is 10.7. The lowest BCUT2D eigenvalue weighted by Gasteiger charge is -2.23. The van der Waals surface area contributed by atoms with Crippen molar-refractivity contribution < 1.29 is 9.90 Å². The second-order valence-electron chi connectivity index (χ2n) is 4.68. The highest BCUT2D eigenvalue weighted by Crippen LogP contribution is 2.36. The highest BCUT2D eigenvalue weighted by atomic mass is 35.5. The van der Waals surface area contributed by atoms with E-state index in [4.69, 9.17) is 16.7 Å². The van der Waals surface area contributed by atoms with Crippen LogP contribution in [-0.4, -0.2) is 30.2 Å². The number of halogens is 1. The summed E-state index contributed by atoms with van der Waals surface area (Å²) in [5, 5.41) is 13.5. The SMILES string of the molecule is Cn1c(C2CCC2)nn2c(Cl)c(CC(=O)O)nc12. The minimum Gasteiger partial charge on any atom is -0.481 e. The molecule has 0 radical (unpaired) electrons. The Morgan fingerprint density at radius 1 is 1.56 bits per heavy atom. The first-order valence-electron chi connectivity index (χ1n) is 5.89. The van der Waals surface area contributed by atoms with Crippen LogP contribution in [0.5, 0.6) is 0 Å². The number of hydrogen-bond acceptors (Lipinski definition) is 3. The standard InChI is InChI=1S/C11H13ClN4O2/c1-15-10(6-3-2-4-6)14-16-9(12)7(5-8(17)18)13-11(15)16/h6H,2-5H2,1H3,(H,17,18). The molecule has 96 valence electrons. The van der Waals surface area contributed by atoms with Gasteiger partial charge in [0, 0.05) is 13.0 Å². The summed E-state index contributed by atoms with van der Waals surface area (Å²) in [4.78, 5) is 15.0. The minimum absolute atomic E-state index is 0.180. The average Bonchev–Trinajstić information content (AvgIpc) is 2.67. The molecular formula is C11H13ClN4O2. The van der Waals surface area contributed by atoms with E-state index < -0.39 is 5.97 Å². The van der Waals surface area contributed by atoms with Crippen molar-refractivity contribution in [2.75, 3.05) is 0 Å². The predicted molar refractivity (Wildman–Crippen MR) is 64.9 cm³/mol. The molecule has 0 unspecified atom stereocenters. The summed E-state index contributed by atoms with van der Waals surface area (Å²) in [6.45, 7) is 0. The molecule has 1 aliphatic carbocycles. The summed E-state index contributed by atoms with van der Waals surface area (Å²) in [7, 11) is 1.89. The number of nitrogens with zero attached hydrogens (tertiary/aromatic N) is 4. The number of carboxylic acid groups (broad SMARTS) is 1. The van der Waals surface area contributed by atoms with Gasteiger partial charge >= 0.3 is 5.97 Å². The lowest BCUT2D eigenvalue weighted by molar-refractivity contribution is -0.136. The number of aryl methyl sites for hydroxylation is 1. The molecule has 3 rings (SSSR count). The van der Waals surface area contributed by atoms with Gasteiger partial charge in [-0.1, -0.05) is 18.0 Å². The molecule has 18 heavy (non-hydrogen) atoms. The zero-order chi connectivity index (χ0) is 12.9. The molecule has 6 nitrogen and oxygen atoms in total. The van der Waals surface area contributed by atoms with E-state index in [2.05, 4.69) is 10.1 Å². The Bertz CT molecular complexity index is 627. The van der Waals surface area contributed by atoms with Crippen molar-refractivity contribution in [2.45, 2.75) is 31.6 Å². The third-order valence-electron chi connectivity index (χ3n) is 3.48. The van der Waals surface area contributed by atoms with E-state index in [1.807, 2.05) is 11.6 Å². The fourth-order valence-corrected chi connectivity index (χ4v) is 2.50. The van der Waals surface area contributed by atoms with Gasteiger partial charge < -0.3 is 5.11 Å². The van der Waals surface area contributed by atoms with Crippen LogP contribution in [0.3, 0.4) is 0 Å². The molecule has 0 amide bonds. The van der Waals surface area contributed by atoms with Gasteiger partial charge in [0.15, 0.2) is 5.15 Å². The van der Waals surface area contributed by atoms with Gasteiger partial charge in [0.25, 0.3) is 0 Å². The number of imidazole rings is 1. The highest BCUT2D eigenvalue weighted by Gasteiger charge is 2.27. The Balaban J connectivity index is 2.07. The van der Waals surface area contributed by atoms with Gasteiger partial charge in [-0.05, 0) is 12.8 Å². The zero-order valence-corrected chi connectivity index (χ0v) is 10.7. The van der Waals surface area contributed by atoms with E-state index in [-0.39, 0.29) is 6.42 Å². The van der Waals surface area contributed by atoms with Crippen LogP contribution in [0.25, 0.3) is 5.78 Å². The number of carbonyl (C=O) groups is 1. The van der Waals surface area contributed by atoms with Crippen molar-refractivity contribution in [3.8, 4) is 0 Å². The minimum atomic E-state index is -0.945. The van der Waals surface area contributed by atoms with Crippen molar-refractivity contribution in [1.29, 1.82) is 0 Å². The van der Waals surface area contributed by atoms with Crippen LogP contribution in [0, 0.1) is 0 Å². The average molecular weight is 269 g/mol. The number of aromatic nitrogens is 4. The normalized spacial score (nSPS) is 16.1. The molecule has 1 aliphatic rings. The van der Waals surface area contributed by atoms with Crippen LogP contribution < -0.4 is 0 Å². The highest BCUT2D eigenvalue weighted by molar-refractivity contribution is 6.30. The van der Waals surface area contributed by atoms with Crippen LogP contribution in [0.15, 0.2) is 0 Å². The summed E-state index contributed by atoms with van der Waals surface area (Å²) in [6.07, 6.45) is 3.35. The number of rotatable bonds is 3. The summed E-state index contributed by atoms with van der Waals surface area (Å²) < 4.78 is 3.44. The molecule has 0 bridgehead atoms. The molecule has 1 saturated carbocycles. The van der Waals surface area contributed by atoms with Crippen molar-refractivity contribution in [2.24, 2.45) is 7.05 Å². The smallest absolute Gasteiger partial charge is 0.309 e. The van der Waals surface area contributed by atoms with Crippen LogP contribution >= 0.6 is 11.6 Å². The molecule has 1 N–H and O–H groups in total. The van der Waals surface area contributed by atoms with Gasteiger partial charge in [-0.25, -0.2) is 4.98 Å². The number of fused-ring (bicyclic) bond motifs is 1. The number of hydrogen-bond donors (Lipinski definition) is 1. The topological polar surface area (TPSA) is 72.4 Å². The largest absolute Gasteiger partial charge is 0.481 e. The maximum atomic E-state index is 10.7. The molecule has 2 heterocycles. The van der Waals surface area contributed by atoms with E-state index >= 15 is 0 Å².